The first-order valence-corrected chi connectivity index (χ1v) is 6.25. The molecule has 2 aromatic heterocycles. The van der Waals surface area contributed by atoms with Crippen molar-refractivity contribution in [1.29, 1.82) is 0 Å². The third kappa shape index (κ3) is 2.71. The van der Waals surface area contributed by atoms with Crippen molar-refractivity contribution >= 4 is 22.2 Å². The van der Waals surface area contributed by atoms with Crippen molar-refractivity contribution < 1.29 is 4.79 Å². The average Bonchev–Trinajstić information content (AvgIpc) is 2.63. The Morgan fingerprint density at radius 2 is 2.12 bits per heavy atom. The van der Waals surface area contributed by atoms with Crippen LogP contribution in [0, 0.1) is 13.8 Å². The number of hydrogen-bond acceptors (Lipinski definition) is 3. The van der Waals surface area contributed by atoms with Gasteiger partial charge in [-0.2, -0.15) is 0 Å². The number of amides is 1. The molecule has 0 aromatic carbocycles. The smallest absolute Gasteiger partial charge is 0.221 e. The highest BCUT2D eigenvalue weighted by molar-refractivity contribution is 7.15. The Kier molecular flexibility index (Phi) is 3.24. The molecular formula is C13H14N2OS. The number of aromatic nitrogens is 1. The predicted octanol–water partition coefficient (Wildman–Crippen LogP) is 3.39. The van der Waals surface area contributed by atoms with Crippen LogP contribution < -0.4 is 5.32 Å². The molecule has 2 rings (SSSR count). The summed E-state index contributed by atoms with van der Waals surface area (Å²) < 4.78 is 0. The van der Waals surface area contributed by atoms with E-state index >= 15 is 0 Å². The van der Waals surface area contributed by atoms with E-state index in [1.807, 2.05) is 37.4 Å². The molecule has 0 aliphatic carbocycles. The minimum atomic E-state index is -0.0573. The number of nitrogens with zero attached hydrogens (tertiary/aromatic N) is 1. The van der Waals surface area contributed by atoms with Crippen LogP contribution in [0.2, 0.25) is 0 Å². The molecule has 0 radical (unpaired) electrons. The Bertz CT molecular complexity index is 540. The van der Waals surface area contributed by atoms with Crippen molar-refractivity contribution in [2.24, 2.45) is 0 Å². The predicted molar refractivity (Wildman–Crippen MR) is 71.3 cm³/mol. The maximum Gasteiger partial charge on any atom is 0.221 e. The van der Waals surface area contributed by atoms with Gasteiger partial charge in [0.25, 0.3) is 0 Å². The standard InChI is InChI=1S/C13H14N2OS/c1-8-6-9(2)14-12(7-8)11-4-5-17-13(11)15-10(3)16/h4-7H,1-3H3,(H,15,16). The number of anilines is 1. The molecule has 2 heterocycles. The average molecular weight is 246 g/mol. The lowest BCUT2D eigenvalue weighted by Crippen LogP contribution is -2.05. The molecule has 1 N–H and O–H groups in total. The van der Waals surface area contributed by atoms with Crippen LogP contribution in [0.25, 0.3) is 11.3 Å². The number of carbonyl (C=O) groups excluding carboxylic acids is 1. The van der Waals surface area contributed by atoms with Gasteiger partial charge < -0.3 is 5.32 Å². The van der Waals surface area contributed by atoms with E-state index in [-0.39, 0.29) is 5.91 Å². The summed E-state index contributed by atoms with van der Waals surface area (Å²) >= 11 is 1.51. The monoisotopic (exact) mass is 246 g/mol. The van der Waals surface area contributed by atoms with E-state index in [1.165, 1.54) is 23.8 Å². The zero-order valence-corrected chi connectivity index (χ0v) is 10.9. The molecule has 3 nitrogen and oxygen atoms in total. The first kappa shape index (κ1) is 11.8. The zero-order valence-electron chi connectivity index (χ0n) is 10.1. The number of carbonyl (C=O) groups is 1. The Hall–Kier alpha value is -1.68. The van der Waals surface area contributed by atoms with Gasteiger partial charge in [-0.05, 0) is 43.0 Å². The molecule has 0 bridgehead atoms. The van der Waals surface area contributed by atoms with E-state index in [0.29, 0.717) is 0 Å². The fourth-order valence-corrected chi connectivity index (χ4v) is 2.59. The van der Waals surface area contributed by atoms with Crippen LogP contribution in [0.5, 0.6) is 0 Å². The van der Waals surface area contributed by atoms with Crippen molar-refractivity contribution in [2.45, 2.75) is 20.8 Å². The molecule has 0 fully saturated rings. The van der Waals surface area contributed by atoms with Crippen molar-refractivity contribution in [3.63, 3.8) is 0 Å². The van der Waals surface area contributed by atoms with E-state index in [0.717, 1.165) is 22.0 Å². The fourth-order valence-electron chi connectivity index (χ4n) is 1.75. The highest BCUT2D eigenvalue weighted by Crippen LogP contribution is 2.32. The van der Waals surface area contributed by atoms with E-state index < -0.39 is 0 Å². The van der Waals surface area contributed by atoms with Gasteiger partial charge in [0.15, 0.2) is 0 Å². The molecule has 88 valence electrons. The first-order chi connectivity index (χ1) is 8.06. The number of hydrogen-bond donors (Lipinski definition) is 1. The molecule has 17 heavy (non-hydrogen) atoms. The fraction of sp³-hybridized carbons (Fsp3) is 0.231. The lowest BCUT2D eigenvalue weighted by molar-refractivity contribution is -0.114. The second-order valence-corrected chi connectivity index (χ2v) is 4.93. The Morgan fingerprint density at radius 3 is 2.76 bits per heavy atom. The van der Waals surface area contributed by atoms with Crippen LogP contribution in [0.3, 0.4) is 0 Å². The number of pyridine rings is 1. The second-order valence-electron chi connectivity index (χ2n) is 4.02. The molecule has 4 heteroatoms. The molecule has 2 aromatic rings. The van der Waals surface area contributed by atoms with Crippen molar-refractivity contribution in [3.8, 4) is 11.3 Å². The van der Waals surface area contributed by atoms with Crippen LogP contribution in [-0.2, 0) is 4.79 Å². The van der Waals surface area contributed by atoms with Gasteiger partial charge in [0.1, 0.15) is 5.00 Å². The number of nitrogens with one attached hydrogen (secondary N) is 1. The van der Waals surface area contributed by atoms with Gasteiger partial charge >= 0.3 is 0 Å². The molecule has 0 saturated heterocycles. The van der Waals surface area contributed by atoms with Gasteiger partial charge in [-0.1, -0.05) is 0 Å². The Labute approximate surface area is 105 Å². The van der Waals surface area contributed by atoms with E-state index in [1.54, 1.807) is 0 Å². The van der Waals surface area contributed by atoms with E-state index in [2.05, 4.69) is 10.3 Å². The molecule has 0 aliphatic heterocycles. The summed E-state index contributed by atoms with van der Waals surface area (Å²) in [4.78, 5) is 15.6. The summed E-state index contributed by atoms with van der Waals surface area (Å²) in [5.74, 6) is -0.0573. The largest absolute Gasteiger partial charge is 0.317 e. The maximum atomic E-state index is 11.1. The molecule has 0 spiro atoms. The third-order valence-electron chi connectivity index (χ3n) is 2.33. The summed E-state index contributed by atoms with van der Waals surface area (Å²) in [7, 11) is 0. The van der Waals surface area contributed by atoms with Crippen LogP contribution in [-0.4, -0.2) is 10.9 Å². The quantitative estimate of drug-likeness (QED) is 0.882. The van der Waals surface area contributed by atoms with Crippen molar-refractivity contribution in [2.75, 3.05) is 5.32 Å². The third-order valence-corrected chi connectivity index (χ3v) is 3.16. The van der Waals surface area contributed by atoms with Crippen LogP contribution in [0.15, 0.2) is 23.6 Å². The second kappa shape index (κ2) is 4.67. The van der Waals surface area contributed by atoms with Crippen molar-refractivity contribution in [3.05, 3.63) is 34.8 Å². The number of rotatable bonds is 2. The summed E-state index contributed by atoms with van der Waals surface area (Å²) in [6.07, 6.45) is 0. The molecule has 0 aliphatic rings. The van der Waals surface area contributed by atoms with Gasteiger partial charge in [-0.3, -0.25) is 9.78 Å². The van der Waals surface area contributed by atoms with Crippen molar-refractivity contribution in [1.82, 2.24) is 4.98 Å². The Balaban J connectivity index is 2.45. The van der Waals surface area contributed by atoms with Crippen LogP contribution >= 0.6 is 11.3 Å². The summed E-state index contributed by atoms with van der Waals surface area (Å²) in [5.41, 5.74) is 4.05. The SMILES string of the molecule is CC(=O)Nc1sccc1-c1cc(C)cc(C)n1. The summed E-state index contributed by atoms with van der Waals surface area (Å²) in [6, 6.07) is 6.05. The van der Waals surface area contributed by atoms with E-state index in [9.17, 15) is 4.79 Å². The topological polar surface area (TPSA) is 42.0 Å². The van der Waals surface area contributed by atoms with Gasteiger partial charge in [0.2, 0.25) is 5.91 Å². The first-order valence-electron chi connectivity index (χ1n) is 5.37. The normalized spacial score (nSPS) is 10.3. The minimum absolute atomic E-state index is 0.0573. The lowest BCUT2D eigenvalue weighted by atomic mass is 10.1. The van der Waals surface area contributed by atoms with Gasteiger partial charge in [-0.25, -0.2) is 0 Å². The zero-order chi connectivity index (χ0) is 12.4. The summed E-state index contributed by atoms with van der Waals surface area (Å²) in [6.45, 7) is 5.53. The van der Waals surface area contributed by atoms with Crippen LogP contribution in [0.4, 0.5) is 5.00 Å². The maximum absolute atomic E-state index is 11.1. The van der Waals surface area contributed by atoms with E-state index in [4.69, 9.17) is 0 Å². The minimum Gasteiger partial charge on any atom is -0.317 e. The molecule has 1 amide bonds. The number of thiophene rings is 1. The van der Waals surface area contributed by atoms with Gasteiger partial charge in [0, 0.05) is 18.2 Å². The highest BCUT2D eigenvalue weighted by Gasteiger charge is 2.09. The van der Waals surface area contributed by atoms with Gasteiger partial charge in [0.05, 0.1) is 5.69 Å². The van der Waals surface area contributed by atoms with Gasteiger partial charge in [-0.15, -0.1) is 11.3 Å². The van der Waals surface area contributed by atoms with Crippen LogP contribution in [0.1, 0.15) is 18.2 Å². The highest BCUT2D eigenvalue weighted by atomic mass is 32.1. The summed E-state index contributed by atoms with van der Waals surface area (Å²) in [5, 5.41) is 5.65. The lowest BCUT2D eigenvalue weighted by Gasteiger charge is -2.06. The molecule has 0 atom stereocenters. The number of aryl methyl sites for hydroxylation is 2. The molecular weight excluding hydrogens is 232 g/mol. The molecule has 0 unspecified atom stereocenters. The molecule has 0 saturated carbocycles. The Morgan fingerprint density at radius 1 is 1.35 bits per heavy atom.